The van der Waals surface area contributed by atoms with Crippen molar-refractivity contribution < 1.29 is 4.79 Å². The first kappa shape index (κ1) is 9.68. The summed E-state index contributed by atoms with van der Waals surface area (Å²) in [6, 6.07) is 7.82. The van der Waals surface area contributed by atoms with E-state index in [2.05, 4.69) is 21.2 Å². The fraction of sp³-hybridized carbons (Fsp3) is 0.300. The molecule has 1 unspecified atom stereocenters. The number of fused-ring (bicyclic) bond motifs is 1. The van der Waals surface area contributed by atoms with E-state index in [4.69, 9.17) is 5.73 Å². The quantitative estimate of drug-likeness (QED) is 0.577. The molecule has 74 valence electrons. The molecule has 1 atom stereocenters. The highest BCUT2D eigenvalue weighted by molar-refractivity contribution is 9.10. The Hall–Kier alpha value is -0.870. The molecule has 0 spiro atoms. The molecule has 1 heterocycles. The minimum atomic E-state index is -0.887. The number of amides is 1. The van der Waals surface area contributed by atoms with Gasteiger partial charge < -0.3 is 5.73 Å². The summed E-state index contributed by atoms with van der Waals surface area (Å²) in [5.41, 5.74) is 7.47. The Balaban J connectivity index is 2.55. The molecule has 1 aliphatic heterocycles. The van der Waals surface area contributed by atoms with E-state index in [1.165, 1.54) is 5.56 Å². The van der Waals surface area contributed by atoms with Crippen molar-refractivity contribution in [1.29, 1.82) is 0 Å². The minimum absolute atomic E-state index is 0.398. The van der Waals surface area contributed by atoms with E-state index in [9.17, 15) is 4.79 Å². The van der Waals surface area contributed by atoms with Crippen LogP contribution in [0.5, 0.6) is 0 Å². The summed E-state index contributed by atoms with van der Waals surface area (Å²) in [7, 11) is 0. The van der Waals surface area contributed by atoms with Crippen molar-refractivity contribution in [2.45, 2.75) is 10.9 Å². The van der Waals surface area contributed by atoms with Crippen LogP contribution in [0.2, 0.25) is 0 Å². The summed E-state index contributed by atoms with van der Waals surface area (Å²) < 4.78 is -0.887. The van der Waals surface area contributed by atoms with Crippen molar-refractivity contribution in [1.82, 2.24) is 5.32 Å². The van der Waals surface area contributed by atoms with Gasteiger partial charge in [0.15, 0.2) is 4.45 Å². The van der Waals surface area contributed by atoms with Gasteiger partial charge in [-0.3, -0.25) is 10.1 Å². The van der Waals surface area contributed by atoms with E-state index in [0.29, 0.717) is 0 Å². The van der Waals surface area contributed by atoms with Crippen LogP contribution in [0.1, 0.15) is 11.1 Å². The molecule has 0 fully saturated rings. The van der Waals surface area contributed by atoms with Crippen molar-refractivity contribution in [2.24, 2.45) is 5.73 Å². The number of carbonyl (C=O) groups is 1. The zero-order chi connectivity index (χ0) is 10.2. The van der Waals surface area contributed by atoms with Gasteiger partial charge in [-0.05, 0) is 17.5 Å². The lowest BCUT2D eigenvalue weighted by Crippen LogP contribution is -2.51. The normalized spacial score (nSPS) is 25.5. The van der Waals surface area contributed by atoms with Gasteiger partial charge in [0.25, 0.3) is 5.91 Å². The van der Waals surface area contributed by atoms with E-state index >= 15 is 0 Å². The first-order chi connectivity index (χ1) is 6.64. The molecule has 0 radical (unpaired) electrons. The van der Waals surface area contributed by atoms with Crippen molar-refractivity contribution >= 4 is 21.8 Å². The number of nitrogens with two attached hydrogens (primary N) is 1. The Bertz CT molecular complexity index is 380. The van der Waals surface area contributed by atoms with Gasteiger partial charge in [0, 0.05) is 6.54 Å². The number of nitrogens with one attached hydrogen (secondary N) is 1. The van der Waals surface area contributed by atoms with Crippen molar-refractivity contribution in [2.75, 3.05) is 6.54 Å². The summed E-state index contributed by atoms with van der Waals surface area (Å²) in [6.45, 7) is 0.755. The van der Waals surface area contributed by atoms with Crippen LogP contribution >= 0.6 is 15.9 Å². The van der Waals surface area contributed by atoms with E-state index in [1.54, 1.807) is 0 Å². The molecule has 14 heavy (non-hydrogen) atoms. The van der Waals surface area contributed by atoms with E-state index in [0.717, 1.165) is 18.5 Å². The maximum Gasteiger partial charge on any atom is 0.253 e. The Morgan fingerprint density at radius 3 is 2.93 bits per heavy atom. The highest BCUT2D eigenvalue weighted by Crippen LogP contribution is 2.33. The van der Waals surface area contributed by atoms with E-state index in [-0.39, 0.29) is 0 Å². The first-order valence-corrected chi connectivity index (χ1v) is 5.26. The second-order valence-electron chi connectivity index (χ2n) is 3.36. The molecule has 2 rings (SSSR count). The number of alkyl halides is 1. The molecule has 0 saturated carbocycles. The van der Waals surface area contributed by atoms with Crippen LogP contribution in [0.15, 0.2) is 24.3 Å². The molecule has 1 amide bonds. The summed E-state index contributed by atoms with van der Waals surface area (Å²) in [6.07, 6.45) is 0.927. The average Bonchev–Trinajstić information content (AvgIpc) is 2.18. The van der Waals surface area contributed by atoms with Gasteiger partial charge in [-0.2, -0.15) is 0 Å². The predicted molar refractivity (Wildman–Crippen MR) is 57.9 cm³/mol. The number of primary amides is 1. The average molecular weight is 255 g/mol. The van der Waals surface area contributed by atoms with E-state index in [1.807, 2.05) is 24.3 Å². The monoisotopic (exact) mass is 254 g/mol. The zero-order valence-electron chi connectivity index (χ0n) is 7.59. The molecule has 1 aromatic carbocycles. The minimum Gasteiger partial charge on any atom is -0.367 e. The number of halogens is 1. The lowest BCUT2D eigenvalue weighted by Gasteiger charge is -2.32. The molecular weight excluding hydrogens is 244 g/mol. The van der Waals surface area contributed by atoms with Gasteiger partial charge in [0.05, 0.1) is 0 Å². The van der Waals surface area contributed by atoms with Gasteiger partial charge in [0.1, 0.15) is 0 Å². The van der Waals surface area contributed by atoms with Crippen LogP contribution in [-0.2, 0) is 15.7 Å². The van der Waals surface area contributed by atoms with Gasteiger partial charge in [-0.25, -0.2) is 0 Å². The fourth-order valence-electron chi connectivity index (χ4n) is 1.76. The molecule has 0 bridgehead atoms. The summed E-state index contributed by atoms with van der Waals surface area (Å²) in [4.78, 5) is 11.4. The Labute approximate surface area is 90.8 Å². The second-order valence-corrected chi connectivity index (χ2v) is 4.55. The highest BCUT2D eigenvalue weighted by Gasteiger charge is 2.38. The Morgan fingerprint density at radius 1 is 1.50 bits per heavy atom. The SMILES string of the molecule is NC(=O)C1(Br)NCCc2ccccc21. The Kier molecular flexibility index (Phi) is 2.33. The number of hydrogen-bond acceptors (Lipinski definition) is 2. The lowest BCUT2D eigenvalue weighted by atomic mass is 9.94. The van der Waals surface area contributed by atoms with Crippen LogP contribution in [-0.4, -0.2) is 12.5 Å². The van der Waals surface area contributed by atoms with Crippen molar-refractivity contribution in [3.8, 4) is 0 Å². The van der Waals surface area contributed by atoms with Crippen LogP contribution < -0.4 is 11.1 Å². The first-order valence-electron chi connectivity index (χ1n) is 4.47. The third-order valence-corrected chi connectivity index (χ3v) is 3.59. The van der Waals surface area contributed by atoms with Gasteiger partial charge in [0.2, 0.25) is 0 Å². The number of carbonyl (C=O) groups excluding carboxylic acids is 1. The van der Waals surface area contributed by atoms with Crippen molar-refractivity contribution in [3.63, 3.8) is 0 Å². The molecule has 1 aliphatic rings. The van der Waals surface area contributed by atoms with Crippen LogP contribution in [0.25, 0.3) is 0 Å². The molecule has 0 aromatic heterocycles. The number of hydrogen-bond donors (Lipinski definition) is 2. The van der Waals surface area contributed by atoms with Crippen LogP contribution in [0, 0.1) is 0 Å². The van der Waals surface area contributed by atoms with Gasteiger partial charge in [-0.1, -0.05) is 40.2 Å². The molecule has 1 aromatic rings. The fourth-order valence-corrected chi connectivity index (χ4v) is 2.34. The van der Waals surface area contributed by atoms with Crippen LogP contribution in [0.4, 0.5) is 0 Å². The maximum atomic E-state index is 11.4. The molecular formula is C10H11BrN2O. The summed E-state index contributed by atoms with van der Waals surface area (Å²) in [5, 5.41) is 3.09. The Morgan fingerprint density at radius 2 is 2.21 bits per heavy atom. The molecule has 3 nitrogen and oxygen atoms in total. The molecule has 0 saturated heterocycles. The van der Waals surface area contributed by atoms with Crippen molar-refractivity contribution in [3.05, 3.63) is 35.4 Å². The number of benzene rings is 1. The van der Waals surface area contributed by atoms with Crippen LogP contribution in [0.3, 0.4) is 0 Å². The summed E-state index contributed by atoms with van der Waals surface area (Å²) >= 11 is 3.37. The van der Waals surface area contributed by atoms with Gasteiger partial charge >= 0.3 is 0 Å². The number of rotatable bonds is 1. The standard InChI is InChI=1S/C10H11BrN2O/c11-10(9(12)14)8-4-2-1-3-7(8)5-6-13-10/h1-4,13H,5-6H2,(H2,12,14). The smallest absolute Gasteiger partial charge is 0.253 e. The zero-order valence-corrected chi connectivity index (χ0v) is 9.17. The maximum absolute atomic E-state index is 11.4. The lowest BCUT2D eigenvalue weighted by molar-refractivity contribution is -0.121. The molecule has 4 heteroatoms. The highest BCUT2D eigenvalue weighted by atomic mass is 79.9. The third-order valence-electron chi connectivity index (χ3n) is 2.49. The second kappa shape index (κ2) is 3.37. The predicted octanol–water partition coefficient (Wildman–Crippen LogP) is 0.865. The third kappa shape index (κ3) is 1.35. The van der Waals surface area contributed by atoms with Gasteiger partial charge in [-0.15, -0.1) is 0 Å². The topological polar surface area (TPSA) is 55.1 Å². The summed E-state index contributed by atoms with van der Waals surface area (Å²) in [5.74, 6) is -0.398. The largest absolute Gasteiger partial charge is 0.367 e. The molecule has 3 N–H and O–H groups in total. The molecule has 0 aliphatic carbocycles. The van der Waals surface area contributed by atoms with E-state index < -0.39 is 10.4 Å².